The molecule has 2 N–H and O–H groups in total. The van der Waals surface area contributed by atoms with Crippen molar-refractivity contribution in [1.82, 2.24) is 9.97 Å². The number of H-pyrrole nitrogens is 1. The van der Waals surface area contributed by atoms with Gasteiger partial charge in [0.05, 0.1) is 24.1 Å². The minimum absolute atomic E-state index is 0.283. The molecule has 2 heterocycles. The summed E-state index contributed by atoms with van der Waals surface area (Å²) < 4.78 is 5.44. The third kappa shape index (κ3) is 4.12. The van der Waals surface area contributed by atoms with Crippen LogP contribution < -0.4 is 10.2 Å². The van der Waals surface area contributed by atoms with Crippen LogP contribution in [0, 0.1) is 4.64 Å². The number of ether oxygens (including phenoxy) is 1. The molecule has 2 aromatic rings. The molecule has 0 aliphatic heterocycles. The van der Waals surface area contributed by atoms with E-state index in [1.165, 1.54) is 0 Å². The zero-order valence-corrected chi connectivity index (χ0v) is 13.3. The monoisotopic (exact) mass is 318 g/mol. The van der Waals surface area contributed by atoms with E-state index in [0.717, 1.165) is 12.2 Å². The van der Waals surface area contributed by atoms with Crippen LogP contribution in [0.2, 0.25) is 0 Å². The van der Waals surface area contributed by atoms with Gasteiger partial charge in [-0.05, 0) is 24.3 Å². The highest BCUT2D eigenvalue weighted by atomic mass is 32.1. The fourth-order valence-electron chi connectivity index (χ4n) is 1.83. The average molecular weight is 318 g/mol. The number of rotatable bonds is 6. The Hall–Kier alpha value is -2.25. The summed E-state index contributed by atoms with van der Waals surface area (Å²) in [6.07, 6.45) is 3.39. The Bertz CT molecular complexity index is 684. The lowest BCUT2D eigenvalue weighted by atomic mass is 10.2. The summed E-state index contributed by atoms with van der Waals surface area (Å²) in [6.45, 7) is 1.41. The average Bonchev–Trinajstić information content (AvgIpc) is 2.53. The zero-order chi connectivity index (χ0) is 15.9. The van der Waals surface area contributed by atoms with Crippen LogP contribution in [0.1, 0.15) is 10.4 Å². The van der Waals surface area contributed by atoms with E-state index in [1.54, 1.807) is 37.7 Å². The first-order valence-electron chi connectivity index (χ1n) is 6.77. The minimum Gasteiger partial charge on any atom is -0.383 e. The smallest absolute Gasteiger partial charge is 0.259 e. The number of pyridine rings is 2. The minimum atomic E-state index is -0.283. The van der Waals surface area contributed by atoms with Crippen LogP contribution in [0.3, 0.4) is 0 Å². The Morgan fingerprint density at radius 2 is 2.27 bits per heavy atom. The molecule has 0 fully saturated rings. The molecule has 0 bridgehead atoms. The van der Waals surface area contributed by atoms with Crippen LogP contribution in [0.25, 0.3) is 0 Å². The summed E-state index contributed by atoms with van der Waals surface area (Å²) in [4.78, 5) is 21.2. The van der Waals surface area contributed by atoms with Crippen molar-refractivity contribution in [2.24, 2.45) is 0 Å². The molecule has 116 valence electrons. The second-order valence-electron chi connectivity index (χ2n) is 4.68. The van der Waals surface area contributed by atoms with Gasteiger partial charge in [0, 0.05) is 26.9 Å². The standard InChI is InChI=1S/C15H18N4O2S/c1-19(8-9-21-2)11-5-6-13(17-10-11)18-14(20)12-4-3-7-16-15(12)22/h3-7,10H,8-9H2,1-2H3,(H,16,22)(H,17,18,20). The van der Waals surface area contributed by atoms with Gasteiger partial charge in [-0.1, -0.05) is 12.2 Å². The number of carbonyl (C=O) groups excluding carboxylic acids is 1. The van der Waals surface area contributed by atoms with E-state index in [1.807, 2.05) is 18.0 Å². The van der Waals surface area contributed by atoms with Gasteiger partial charge in [-0.2, -0.15) is 0 Å². The van der Waals surface area contributed by atoms with Gasteiger partial charge in [-0.3, -0.25) is 4.79 Å². The van der Waals surface area contributed by atoms with Crippen LogP contribution in [0.5, 0.6) is 0 Å². The Morgan fingerprint density at radius 1 is 1.45 bits per heavy atom. The van der Waals surface area contributed by atoms with Crippen LogP contribution in [0.15, 0.2) is 36.7 Å². The molecule has 6 nitrogen and oxygen atoms in total. The molecule has 0 spiro atoms. The maximum Gasteiger partial charge on any atom is 0.259 e. The molecule has 22 heavy (non-hydrogen) atoms. The van der Waals surface area contributed by atoms with Crippen molar-refractivity contribution in [2.45, 2.75) is 0 Å². The number of likely N-dealkylation sites (N-methyl/N-ethyl adjacent to an activating group) is 1. The van der Waals surface area contributed by atoms with E-state index in [4.69, 9.17) is 17.0 Å². The lowest BCUT2D eigenvalue weighted by Gasteiger charge is -2.18. The molecule has 0 atom stereocenters. The van der Waals surface area contributed by atoms with E-state index >= 15 is 0 Å². The lowest BCUT2D eigenvalue weighted by Crippen LogP contribution is -2.22. The molecule has 2 rings (SSSR count). The van der Waals surface area contributed by atoms with E-state index in [0.29, 0.717) is 22.6 Å². The normalized spacial score (nSPS) is 10.3. The molecular weight excluding hydrogens is 300 g/mol. The molecule has 0 aliphatic rings. The number of hydrogen-bond donors (Lipinski definition) is 2. The van der Waals surface area contributed by atoms with Gasteiger partial charge in [-0.25, -0.2) is 4.98 Å². The van der Waals surface area contributed by atoms with E-state index in [9.17, 15) is 4.79 Å². The summed E-state index contributed by atoms with van der Waals surface area (Å²) in [7, 11) is 3.62. The highest BCUT2D eigenvalue weighted by molar-refractivity contribution is 7.71. The number of amides is 1. The van der Waals surface area contributed by atoms with Crippen LogP contribution in [0.4, 0.5) is 11.5 Å². The largest absolute Gasteiger partial charge is 0.383 e. The summed E-state index contributed by atoms with van der Waals surface area (Å²) in [6, 6.07) is 7.04. The van der Waals surface area contributed by atoms with Gasteiger partial charge >= 0.3 is 0 Å². The molecule has 0 saturated heterocycles. The van der Waals surface area contributed by atoms with Gasteiger partial charge in [0.1, 0.15) is 10.5 Å². The van der Waals surface area contributed by atoms with Crippen molar-refractivity contribution < 1.29 is 9.53 Å². The van der Waals surface area contributed by atoms with Crippen molar-refractivity contribution in [3.63, 3.8) is 0 Å². The Labute approximate surface area is 134 Å². The SMILES string of the molecule is COCCN(C)c1ccc(NC(=O)c2ccc[nH]c2=S)nc1. The number of aromatic nitrogens is 2. The predicted molar refractivity (Wildman–Crippen MR) is 89.0 cm³/mol. The summed E-state index contributed by atoms with van der Waals surface area (Å²) in [5.41, 5.74) is 1.37. The van der Waals surface area contributed by atoms with Crippen molar-refractivity contribution in [2.75, 3.05) is 37.5 Å². The number of nitrogens with one attached hydrogen (secondary N) is 2. The van der Waals surface area contributed by atoms with Gasteiger partial charge < -0.3 is 19.9 Å². The van der Waals surface area contributed by atoms with Gasteiger partial charge in [0.2, 0.25) is 0 Å². The molecule has 0 saturated carbocycles. The molecule has 0 aliphatic carbocycles. The number of nitrogens with zero attached hydrogens (tertiary/aromatic N) is 2. The molecule has 0 radical (unpaired) electrons. The highest BCUT2D eigenvalue weighted by Gasteiger charge is 2.09. The second kappa shape index (κ2) is 7.67. The lowest BCUT2D eigenvalue weighted by molar-refractivity contribution is 0.102. The topological polar surface area (TPSA) is 70.2 Å². The molecular formula is C15H18N4O2S. The number of methoxy groups -OCH3 is 1. The number of aromatic amines is 1. The van der Waals surface area contributed by atoms with Crippen LogP contribution in [-0.4, -0.2) is 43.2 Å². The van der Waals surface area contributed by atoms with Crippen molar-refractivity contribution in [1.29, 1.82) is 0 Å². The van der Waals surface area contributed by atoms with Crippen molar-refractivity contribution >= 4 is 29.6 Å². The molecule has 1 amide bonds. The highest BCUT2D eigenvalue weighted by Crippen LogP contribution is 2.14. The molecule has 0 aromatic carbocycles. The van der Waals surface area contributed by atoms with Gasteiger partial charge in [-0.15, -0.1) is 0 Å². The maximum absolute atomic E-state index is 12.1. The third-order valence-electron chi connectivity index (χ3n) is 3.12. The van der Waals surface area contributed by atoms with Crippen molar-refractivity contribution in [3.05, 3.63) is 46.9 Å². The number of carbonyl (C=O) groups is 1. The van der Waals surface area contributed by atoms with Crippen molar-refractivity contribution in [3.8, 4) is 0 Å². The van der Waals surface area contributed by atoms with Gasteiger partial charge in [0.25, 0.3) is 5.91 Å². The Balaban J connectivity index is 2.04. The molecule has 0 unspecified atom stereocenters. The summed E-state index contributed by atoms with van der Waals surface area (Å²) in [5, 5.41) is 2.73. The fraction of sp³-hybridized carbons (Fsp3) is 0.267. The maximum atomic E-state index is 12.1. The first kappa shape index (κ1) is 16.1. The summed E-state index contributed by atoms with van der Waals surface area (Å²) >= 11 is 5.08. The second-order valence-corrected chi connectivity index (χ2v) is 5.09. The Kier molecular flexibility index (Phi) is 5.62. The van der Waals surface area contributed by atoms with Crippen LogP contribution >= 0.6 is 12.2 Å². The predicted octanol–water partition coefficient (Wildman–Crippen LogP) is 2.47. The quantitative estimate of drug-likeness (QED) is 0.801. The zero-order valence-electron chi connectivity index (χ0n) is 12.5. The molecule has 2 aromatic heterocycles. The first-order valence-corrected chi connectivity index (χ1v) is 7.18. The Morgan fingerprint density at radius 3 is 2.91 bits per heavy atom. The van der Waals surface area contributed by atoms with E-state index in [-0.39, 0.29) is 5.91 Å². The fourth-order valence-corrected chi connectivity index (χ4v) is 2.06. The van der Waals surface area contributed by atoms with E-state index < -0.39 is 0 Å². The summed E-state index contributed by atoms with van der Waals surface area (Å²) in [5.74, 6) is 0.196. The third-order valence-corrected chi connectivity index (χ3v) is 3.46. The van der Waals surface area contributed by atoms with E-state index in [2.05, 4.69) is 15.3 Å². The number of anilines is 2. The van der Waals surface area contributed by atoms with Gasteiger partial charge in [0.15, 0.2) is 0 Å². The molecule has 7 heteroatoms. The van der Waals surface area contributed by atoms with Crippen LogP contribution in [-0.2, 0) is 4.74 Å². The first-order chi connectivity index (χ1) is 10.6. The number of hydrogen-bond acceptors (Lipinski definition) is 5.